The predicted molar refractivity (Wildman–Crippen MR) is 78.2 cm³/mol. The van der Waals surface area contributed by atoms with E-state index in [-0.39, 0.29) is 11.7 Å². The molecule has 0 radical (unpaired) electrons. The van der Waals surface area contributed by atoms with Gasteiger partial charge in [0.25, 0.3) is 0 Å². The van der Waals surface area contributed by atoms with Crippen LogP contribution in [0, 0.1) is 13.8 Å². The summed E-state index contributed by atoms with van der Waals surface area (Å²) in [5.41, 5.74) is 1.50. The second-order valence-corrected chi connectivity index (χ2v) is 6.83. The lowest BCUT2D eigenvalue weighted by Gasteiger charge is -2.26. The lowest BCUT2D eigenvalue weighted by molar-refractivity contribution is 0.254. The maximum Gasteiger partial charge on any atom is 0.236 e. The molecule has 112 valence electrons. The Kier molecular flexibility index (Phi) is 4.90. The Bertz CT molecular complexity index is 535. The number of rotatable bonds is 5. The van der Waals surface area contributed by atoms with Gasteiger partial charge in [-0.3, -0.25) is 9.62 Å². The molecule has 0 amide bonds. The highest BCUT2D eigenvalue weighted by Gasteiger charge is 2.16. The minimum atomic E-state index is -3.40. The van der Waals surface area contributed by atoms with Crippen LogP contribution >= 0.6 is 0 Å². The molecule has 0 unspecified atom stereocenters. The fourth-order valence-electron chi connectivity index (χ4n) is 2.15. The van der Waals surface area contributed by atoms with Crippen molar-refractivity contribution in [3.8, 4) is 0 Å². The van der Waals surface area contributed by atoms with Crippen LogP contribution in [0.3, 0.4) is 0 Å². The summed E-state index contributed by atoms with van der Waals surface area (Å²) in [5.74, 6) is 0.214. The number of hydrogen-bond donors (Lipinski definition) is 2. The number of nitrogens with zero attached hydrogens (tertiary/aromatic N) is 3. The summed E-state index contributed by atoms with van der Waals surface area (Å²) in [6, 6.07) is 1.80. The van der Waals surface area contributed by atoms with Crippen molar-refractivity contribution >= 4 is 16.0 Å². The van der Waals surface area contributed by atoms with Crippen LogP contribution in [0.25, 0.3) is 0 Å². The molecule has 2 heterocycles. The van der Waals surface area contributed by atoms with Gasteiger partial charge in [-0.05, 0) is 19.9 Å². The molecule has 0 bridgehead atoms. The highest BCUT2D eigenvalue weighted by molar-refractivity contribution is 7.92. The Hall–Kier alpha value is -1.25. The zero-order valence-electron chi connectivity index (χ0n) is 11.9. The standard InChI is InChI=1S/C12H21N5O2S/c1-10-9-11(2)15-12(14-10)16-20(18,19)8-7-17-5-3-13-4-6-17/h9,13H,3-8H2,1-2H3,(H,14,15,16). The van der Waals surface area contributed by atoms with Gasteiger partial charge in [-0.1, -0.05) is 0 Å². The molecule has 2 N–H and O–H groups in total. The Morgan fingerprint density at radius 2 is 1.85 bits per heavy atom. The average Bonchev–Trinajstić information content (AvgIpc) is 2.36. The van der Waals surface area contributed by atoms with Gasteiger partial charge in [0.05, 0.1) is 5.75 Å². The SMILES string of the molecule is Cc1cc(C)nc(NS(=O)(=O)CCN2CCNCC2)n1. The first-order chi connectivity index (χ1) is 9.44. The summed E-state index contributed by atoms with van der Waals surface area (Å²) >= 11 is 0. The molecule has 0 saturated carbocycles. The van der Waals surface area contributed by atoms with E-state index in [1.807, 2.05) is 13.8 Å². The van der Waals surface area contributed by atoms with Gasteiger partial charge in [0.2, 0.25) is 16.0 Å². The maximum atomic E-state index is 12.0. The Morgan fingerprint density at radius 1 is 1.25 bits per heavy atom. The van der Waals surface area contributed by atoms with Crippen molar-refractivity contribution < 1.29 is 8.42 Å². The molecule has 2 rings (SSSR count). The highest BCUT2D eigenvalue weighted by atomic mass is 32.2. The molecule has 7 nitrogen and oxygen atoms in total. The van der Waals surface area contributed by atoms with Gasteiger partial charge in [-0.15, -0.1) is 0 Å². The summed E-state index contributed by atoms with van der Waals surface area (Å²) in [6.45, 7) is 7.74. The summed E-state index contributed by atoms with van der Waals surface area (Å²) in [6.07, 6.45) is 0. The fraction of sp³-hybridized carbons (Fsp3) is 0.667. The van der Waals surface area contributed by atoms with E-state index in [1.165, 1.54) is 0 Å². The van der Waals surface area contributed by atoms with Crippen LogP contribution in [-0.4, -0.2) is 61.8 Å². The third kappa shape index (κ3) is 4.69. The van der Waals surface area contributed by atoms with E-state index in [1.54, 1.807) is 6.07 Å². The molecule has 8 heteroatoms. The lowest BCUT2D eigenvalue weighted by atomic mass is 10.4. The number of aromatic nitrogens is 2. The first-order valence-corrected chi connectivity index (χ1v) is 8.36. The summed E-state index contributed by atoms with van der Waals surface area (Å²) in [7, 11) is -3.40. The molecular weight excluding hydrogens is 278 g/mol. The molecular formula is C12H21N5O2S. The van der Waals surface area contributed by atoms with Gasteiger partial charge in [-0.25, -0.2) is 18.4 Å². The molecule has 0 aliphatic carbocycles. The predicted octanol–water partition coefficient (Wildman–Crippen LogP) is -0.260. The van der Waals surface area contributed by atoms with Gasteiger partial charge in [0.1, 0.15) is 0 Å². The number of nitrogens with one attached hydrogen (secondary N) is 2. The van der Waals surface area contributed by atoms with Crippen molar-refractivity contribution in [3.05, 3.63) is 17.5 Å². The topological polar surface area (TPSA) is 87.2 Å². The van der Waals surface area contributed by atoms with E-state index in [9.17, 15) is 8.42 Å². The van der Waals surface area contributed by atoms with Crippen LogP contribution in [-0.2, 0) is 10.0 Å². The minimum Gasteiger partial charge on any atom is -0.314 e. The molecule has 1 saturated heterocycles. The molecule has 1 aliphatic rings. The van der Waals surface area contributed by atoms with Gasteiger partial charge in [0, 0.05) is 44.1 Å². The van der Waals surface area contributed by atoms with Gasteiger partial charge in [-0.2, -0.15) is 0 Å². The number of anilines is 1. The van der Waals surface area contributed by atoms with Gasteiger partial charge in [0.15, 0.2) is 0 Å². The molecule has 0 aromatic carbocycles. The lowest BCUT2D eigenvalue weighted by Crippen LogP contribution is -2.45. The monoisotopic (exact) mass is 299 g/mol. The molecule has 0 atom stereocenters. The van der Waals surface area contributed by atoms with E-state index in [4.69, 9.17) is 0 Å². The van der Waals surface area contributed by atoms with E-state index in [0.717, 1.165) is 37.6 Å². The number of sulfonamides is 1. The number of piperazine rings is 1. The first-order valence-electron chi connectivity index (χ1n) is 6.70. The second-order valence-electron chi connectivity index (χ2n) is 4.99. The van der Waals surface area contributed by atoms with Crippen LogP contribution in [0.2, 0.25) is 0 Å². The van der Waals surface area contributed by atoms with Crippen LogP contribution < -0.4 is 10.0 Å². The van der Waals surface area contributed by atoms with Gasteiger partial charge < -0.3 is 5.32 Å². The van der Waals surface area contributed by atoms with Crippen molar-refractivity contribution in [1.29, 1.82) is 0 Å². The molecule has 1 aromatic heterocycles. The molecule has 1 aromatic rings. The normalized spacial score (nSPS) is 17.1. The minimum absolute atomic E-state index is 0.0589. The van der Waals surface area contributed by atoms with Crippen LogP contribution in [0.15, 0.2) is 6.07 Å². The maximum absolute atomic E-state index is 12.0. The highest BCUT2D eigenvalue weighted by Crippen LogP contribution is 2.06. The van der Waals surface area contributed by atoms with E-state index < -0.39 is 10.0 Å². The van der Waals surface area contributed by atoms with Crippen molar-refractivity contribution in [3.63, 3.8) is 0 Å². The van der Waals surface area contributed by atoms with Crippen molar-refractivity contribution in [2.45, 2.75) is 13.8 Å². The third-order valence-corrected chi connectivity index (χ3v) is 4.33. The summed E-state index contributed by atoms with van der Waals surface area (Å²) in [5, 5.41) is 3.24. The van der Waals surface area contributed by atoms with Crippen molar-refractivity contribution in [2.24, 2.45) is 0 Å². The molecule has 1 fully saturated rings. The first kappa shape index (κ1) is 15.1. The zero-order valence-corrected chi connectivity index (χ0v) is 12.7. The smallest absolute Gasteiger partial charge is 0.236 e. The molecule has 20 heavy (non-hydrogen) atoms. The number of hydrogen-bond acceptors (Lipinski definition) is 6. The van der Waals surface area contributed by atoms with E-state index in [2.05, 4.69) is 24.9 Å². The Balaban J connectivity index is 1.92. The quantitative estimate of drug-likeness (QED) is 0.779. The Morgan fingerprint density at radius 3 is 2.45 bits per heavy atom. The fourth-order valence-corrected chi connectivity index (χ4v) is 3.12. The van der Waals surface area contributed by atoms with Crippen LogP contribution in [0.5, 0.6) is 0 Å². The molecule has 1 aliphatic heterocycles. The zero-order chi connectivity index (χ0) is 14.6. The summed E-state index contributed by atoms with van der Waals surface area (Å²) < 4.78 is 26.5. The van der Waals surface area contributed by atoms with E-state index >= 15 is 0 Å². The largest absolute Gasteiger partial charge is 0.314 e. The van der Waals surface area contributed by atoms with Crippen LogP contribution in [0.1, 0.15) is 11.4 Å². The van der Waals surface area contributed by atoms with Crippen molar-refractivity contribution in [1.82, 2.24) is 20.2 Å². The average molecular weight is 299 g/mol. The van der Waals surface area contributed by atoms with E-state index in [0.29, 0.717) is 6.54 Å². The van der Waals surface area contributed by atoms with Crippen molar-refractivity contribution in [2.75, 3.05) is 43.2 Å². The second kappa shape index (κ2) is 6.47. The van der Waals surface area contributed by atoms with Gasteiger partial charge >= 0.3 is 0 Å². The number of aryl methyl sites for hydroxylation is 2. The molecule has 0 spiro atoms. The third-order valence-electron chi connectivity index (χ3n) is 3.11. The Labute approximate surface area is 119 Å². The summed E-state index contributed by atoms with van der Waals surface area (Å²) in [4.78, 5) is 10.3. The van der Waals surface area contributed by atoms with Crippen LogP contribution in [0.4, 0.5) is 5.95 Å².